The molecule has 0 spiro atoms. The number of amides is 1. The van der Waals surface area contributed by atoms with Crippen LogP contribution in [0.3, 0.4) is 0 Å². The van der Waals surface area contributed by atoms with E-state index in [1.807, 2.05) is 42.5 Å². The van der Waals surface area contributed by atoms with Crippen LogP contribution < -0.4 is 20.7 Å². The molecule has 7 nitrogen and oxygen atoms in total. The van der Waals surface area contributed by atoms with Crippen molar-refractivity contribution in [3.05, 3.63) is 77.0 Å². The van der Waals surface area contributed by atoms with Gasteiger partial charge in [-0.05, 0) is 37.7 Å². The number of ether oxygens (including phenoxy) is 2. The summed E-state index contributed by atoms with van der Waals surface area (Å²) < 4.78 is 11.0. The molecule has 31 heavy (non-hydrogen) atoms. The van der Waals surface area contributed by atoms with Gasteiger partial charge in [-0.2, -0.15) is 0 Å². The van der Waals surface area contributed by atoms with Gasteiger partial charge in [0.15, 0.2) is 11.7 Å². The topological polar surface area (TPSA) is 88.7 Å². The van der Waals surface area contributed by atoms with E-state index in [4.69, 9.17) is 21.7 Å². The Kier molecular flexibility index (Phi) is 7.61. The third-order valence-electron chi connectivity index (χ3n) is 4.69. The van der Waals surface area contributed by atoms with E-state index in [1.165, 1.54) is 0 Å². The van der Waals surface area contributed by atoms with Crippen molar-refractivity contribution >= 4 is 29.2 Å². The zero-order chi connectivity index (χ0) is 22.2. The summed E-state index contributed by atoms with van der Waals surface area (Å²) in [6.45, 7) is 4.04. The smallest absolute Gasteiger partial charge is 0.338 e. The second kappa shape index (κ2) is 10.6. The van der Waals surface area contributed by atoms with Crippen LogP contribution in [-0.2, 0) is 20.9 Å². The van der Waals surface area contributed by atoms with Crippen LogP contribution in [0.4, 0.5) is 0 Å². The zero-order valence-corrected chi connectivity index (χ0v) is 18.3. The van der Waals surface area contributed by atoms with Crippen molar-refractivity contribution < 1.29 is 19.1 Å². The van der Waals surface area contributed by atoms with Gasteiger partial charge in [0.25, 0.3) is 5.91 Å². The molecule has 2 aromatic carbocycles. The number of hydrogen-bond donors (Lipinski definition) is 3. The van der Waals surface area contributed by atoms with Gasteiger partial charge in [0.1, 0.15) is 5.75 Å². The van der Waals surface area contributed by atoms with Crippen molar-refractivity contribution in [3.63, 3.8) is 0 Å². The molecular weight excluding hydrogens is 414 g/mol. The van der Waals surface area contributed by atoms with Crippen molar-refractivity contribution in [3.8, 4) is 5.75 Å². The van der Waals surface area contributed by atoms with Gasteiger partial charge >= 0.3 is 5.97 Å². The van der Waals surface area contributed by atoms with Crippen LogP contribution in [0.25, 0.3) is 0 Å². The number of benzene rings is 2. The van der Waals surface area contributed by atoms with Crippen molar-refractivity contribution in [1.29, 1.82) is 0 Å². The molecule has 8 heteroatoms. The predicted molar refractivity (Wildman–Crippen MR) is 121 cm³/mol. The molecule has 1 atom stereocenters. The highest BCUT2D eigenvalue weighted by molar-refractivity contribution is 7.80. The first-order chi connectivity index (χ1) is 15.0. The van der Waals surface area contributed by atoms with Gasteiger partial charge in [-0.15, -0.1) is 0 Å². The zero-order valence-electron chi connectivity index (χ0n) is 17.4. The molecular formula is C23H25N3O4S. The minimum atomic E-state index is -0.559. The van der Waals surface area contributed by atoms with Gasteiger partial charge in [0, 0.05) is 17.8 Å². The van der Waals surface area contributed by atoms with Gasteiger partial charge < -0.3 is 25.4 Å². The number of carbonyl (C=O) groups excluding carboxylic acids is 2. The molecule has 0 bridgehead atoms. The van der Waals surface area contributed by atoms with E-state index in [-0.39, 0.29) is 19.1 Å². The number of carbonyl (C=O) groups is 2. The van der Waals surface area contributed by atoms with E-state index in [1.54, 1.807) is 26.0 Å². The summed E-state index contributed by atoms with van der Waals surface area (Å²) >= 11 is 5.28. The molecule has 1 unspecified atom stereocenters. The van der Waals surface area contributed by atoms with Crippen LogP contribution in [0.2, 0.25) is 0 Å². The number of para-hydroxylation sites is 1. The summed E-state index contributed by atoms with van der Waals surface area (Å²) in [5.41, 5.74) is 2.72. The highest BCUT2D eigenvalue weighted by atomic mass is 32.1. The van der Waals surface area contributed by atoms with Crippen molar-refractivity contribution in [2.75, 3.05) is 13.2 Å². The van der Waals surface area contributed by atoms with E-state index in [0.29, 0.717) is 34.2 Å². The summed E-state index contributed by atoms with van der Waals surface area (Å²) in [5.74, 6) is -0.207. The first kappa shape index (κ1) is 22.3. The number of thiocarbonyl (C=S) groups is 1. The minimum absolute atomic E-state index is 0.156. The molecule has 3 N–H and O–H groups in total. The molecule has 1 heterocycles. The predicted octanol–water partition coefficient (Wildman–Crippen LogP) is 2.74. The molecule has 0 aliphatic carbocycles. The third-order valence-corrected chi connectivity index (χ3v) is 4.91. The SMILES string of the molecule is CCOC(=O)C1=C(C)NC(=S)NC1c1ccccc1OCC(=O)NCc1ccccc1. The molecule has 1 amide bonds. The van der Waals surface area contributed by atoms with Gasteiger partial charge in [0.2, 0.25) is 0 Å². The normalized spacial score (nSPS) is 15.5. The maximum Gasteiger partial charge on any atom is 0.338 e. The standard InChI is InChI=1S/C23H25N3O4S/c1-3-29-22(28)20-15(2)25-23(31)26-21(20)17-11-7-8-12-18(17)30-14-19(27)24-13-16-9-5-4-6-10-16/h4-12,21H,3,13-14H2,1-2H3,(H,24,27)(H2,25,26,31). The van der Waals surface area contributed by atoms with E-state index in [2.05, 4.69) is 16.0 Å². The van der Waals surface area contributed by atoms with Crippen LogP contribution in [-0.4, -0.2) is 30.2 Å². The lowest BCUT2D eigenvalue weighted by atomic mass is 9.95. The van der Waals surface area contributed by atoms with Gasteiger partial charge in [-0.1, -0.05) is 48.5 Å². The van der Waals surface area contributed by atoms with Gasteiger partial charge in [-0.3, -0.25) is 4.79 Å². The van der Waals surface area contributed by atoms with E-state index in [0.717, 1.165) is 5.56 Å². The lowest BCUT2D eigenvalue weighted by molar-refractivity contribution is -0.139. The maximum atomic E-state index is 12.6. The summed E-state index contributed by atoms with van der Waals surface area (Å²) in [7, 11) is 0. The van der Waals surface area contributed by atoms with Crippen LogP contribution in [0.5, 0.6) is 5.75 Å². The third kappa shape index (κ3) is 5.82. The molecule has 0 saturated heterocycles. The summed E-state index contributed by atoms with van der Waals surface area (Å²) in [6.07, 6.45) is 0. The van der Waals surface area contributed by atoms with E-state index < -0.39 is 12.0 Å². The Morgan fingerprint density at radius 3 is 2.55 bits per heavy atom. The lowest BCUT2D eigenvalue weighted by Crippen LogP contribution is -2.45. The molecule has 1 aliphatic heterocycles. The summed E-state index contributed by atoms with van der Waals surface area (Å²) in [5, 5.41) is 9.30. The number of hydrogen-bond acceptors (Lipinski definition) is 5. The summed E-state index contributed by atoms with van der Waals surface area (Å²) in [6, 6.07) is 16.3. The highest BCUT2D eigenvalue weighted by Crippen LogP contribution is 2.33. The van der Waals surface area contributed by atoms with Crippen molar-refractivity contribution in [1.82, 2.24) is 16.0 Å². The fourth-order valence-electron chi connectivity index (χ4n) is 3.25. The van der Waals surface area contributed by atoms with Crippen molar-refractivity contribution in [2.45, 2.75) is 26.4 Å². The molecule has 3 rings (SSSR count). The average molecular weight is 440 g/mol. The number of rotatable bonds is 8. The quantitative estimate of drug-likeness (QED) is 0.431. The summed E-state index contributed by atoms with van der Waals surface area (Å²) in [4.78, 5) is 24.9. The fraction of sp³-hybridized carbons (Fsp3) is 0.261. The highest BCUT2D eigenvalue weighted by Gasteiger charge is 2.32. The molecule has 0 radical (unpaired) electrons. The van der Waals surface area contributed by atoms with E-state index in [9.17, 15) is 9.59 Å². The van der Waals surface area contributed by atoms with Gasteiger partial charge in [-0.25, -0.2) is 4.79 Å². The Morgan fingerprint density at radius 2 is 1.81 bits per heavy atom. The monoisotopic (exact) mass is 439 g/mol. The van der Waals surface area contributed by atoms with Crippen molar-refractivity contribution in [2.24, 2.45) is 0 Å². The number of esters is 1. The van der Waals surface area contributed by atoms with Crippen LogP contribution in [0.15, 0.2) is 65.9 Å². The Morgan fingerprint density at radius 1 is 1.10 bits per heavy atom. The second-order valence-electron chi connectivity index (χ2n) is 6.88. The minimum Gasteiger partial charge on any atom is -0.483 e. The van der Waals surface area contributed by atoms with Crippen LogP contribution in [0, 0.1) is 0 Å². The van der Waals surface area contributed by atoms with E-state index >= 15 is 0 Å². The van der Waals surface area contributed by atoms with Gasteiger partial charge in [0.05, 0.1) is 18.2 Å². The first-order valence-electron chi connectivity index (χ1n) is 9.97. The molecule has 0 saturated carbocycles. The largest absolute Gasteiger partial charge is 0.483 e. The molecule has 0 fully saturated rings. The fourth-order valence-corrected chi connectivity index (χ4v) is 3.52. The number of nitrogens with one attached hydrogen (secondary N) is 3. The second-order valence-corrected chi connectivity index (χ2v) is 7.29. The lowest BCUT2D eigenvalue weighted by Gasteiger charge is -2.30. The first-order valence-corrected chi connectivity index (χ1v) is 10.4. The van der Waals surface area contributed by atoms with Crippen LogP contribution >= 0.6 is 12.2 Å². The Hall–Kier alpha value is -3.39. The Bertz CT molecular complexity index is 991. The molecule has 0 aromatic heterocycles. The Labute approximate surface area is 186 Å². The molecule has 1 aliphatic rings. The number of allylic oxidation sites excluding steroid dienone is 1. The Balaban J connectivity index is 1.74. The molecule has 162 valence electrons. The average Bonchev–Trinajstić information content (AvgIpc) is 2.76. The van der Waals surface area contributed by atoms with Crippen LogP contribution in [0.1, 0.15) is 31.0 Å². The maximum absolute atomic E-state index is 12.6. The molecule has 2 aromatic rings.